The minimum atomic E-state index is -0.769. The highest BCUT2D eigenvalue weighted by Gasteiger charge is 2.24. The van der Waals surface area contributed by atoms with Crippen molar-refractivity contribution in [3.8, 4) is 0 Å². The summed E-state index contributed by atoms with van der Waals surface area (Å²) in [5.41, 5.74) is 7.70. The van der Waals surface area contributed by atoms with Crippen LogP contribution in [-0.2, 0) is 4.79 Å². The molecule has 1 amide bonds. The summed E-state index contributed by atoms with van der Waals surface area (Å²) in [6, 6.07) is 14.6. The SMILES string of the molecule is CC(CC(O)c1ccc(F)cc1)NC(=O)C(C)C(N)c1ccccc1.Cl. The molecule has 0 spiro atoms. The standard InChI is InChI=1S/C20H25FN2O2.ClH/c1-13(12-18(24)15-8-10-17(21)11-9-15)23-20(25)14(2)19(22)16-6-4-3-5-7-16;/h3-11,13-14,18-19,24H,12,22H2,1-2H3,(H,23,25);1H. The molecular weight excluding hydrogens is 355 g/mol. The lowest BCUT2D eigenvalue weighted by atomic mass is 9.94. The van der Waals surface area contributed by atoms with Gasteiger partial charge in [-0.25, -0.2) is 4.39 Å². The van der Waals surface area contributed by atoms with Crippen molar-refractivity contribution >= 4 is 18.3 Å². The van der Waals surface area contributed by atoms with Gasteiger partial charge in [0, 0.05) is 12.1 Å². The second-order valence-electron chi connectivity index (χ2n) is 6.44. The molecular formula is C20H26ClFN2O2. The van der Waals surface area contributed by atoms with Gasteiger partial charge < -0.3 is 16.2 Å². The maximum atomic E-state index is 12.9. The normalized spacial score (nSPS) is 15.3. The molecule has 4 nitrogen and oxygen atoms in total. The predicted octanol–water partition coefficient (Wildman–Crippen LogP) is 3.51. The minimum Gasteiger partial charge on any atom is -0.388 e. The molecule has 0 saturated heterocycles. The van der Waals surface area contributed by atoms with Gasteiger partial charge in [0.05, 0.1) is 12.0 Å². The van der Waals surface area contributed by atoms with Crippen LogP contribution in [0.25, 0.3) is 0 Å². The third-order valence-corrected chi connectivity index (χ3v) is 4.36. The molecule has 142 valence electrons. The predicted molar refractivity (Wildman–Crippen MR) is 103 cm³/mol. The Bertz CT molecular complexity index is 682. The van der Waals surface area contributed by atoms with E-state index < -0.39 is 18.1 Å². The van der Waals surface area contributed by atoms with Gasteiger partial charge >= 0.3 is 0 Å². The van der Waals surface area contributed by atoms with E-state index in [1.807, 2.05) is 37.3 Å². The number of nitrogens with two attached hydrogens (primary N) is 1. The third-order valence-electron chi connectivity index (χ3n) is 4.36. The van der Waals surface area contributed by atoms with Gasteiger partial charge in [0.1, 0.15) is 5.82 Å². The molecule has 2 aromatic carbocycles. The molecule has 0 heterocycles. The first-order valence-corrected chi connectivity index (χ1v) is 8.43. The van der Waals surface area contributed by atoms with Crippen LogP contribution in [0.1, 0.15) is 43.5 Å². The molecule has 0 aromatic heterocycles. The number of aliphatic hydroxyl groups is 1. The van der Waals surface area contributed by atoms with Crippen LogP contribution in [-0.4, -0.2) is 17.1 Å². The van der Waals surface area contributed by atoms with Crippen LogP contribution < -0.4 is 11.1 Å². The molecule has 0 bridgehead atoms. The Morgan fingerprint density at radius 1 is 1.08 bits per heavy atom. The monoisotopic (exact) mass is 380 g/mol. The Hall–Kier alpha value is -1.95. The first kappa shape index (κ1) is 22.1. The highest BCUT2D eigenvalue weighted by molar-refractivity contribution is 5.85. The van der Waals surface area contributed by atoms with Crippen LogP contribution in [0.15, 0.2) is 54.6 Å². The summed E-state index contributed by atoms with van der Waals surface area (Å²) in [4.78, 5) is 12.4. The number of halogens is 2. The topological polar surface area (TPSA) is 75.3 Å². The van der Waals surface area contributed by atoms with Crippen molar-refractivity contribution < 1.29 is 14.3 Å². The molecule has 0 aliphatic heterocycles. The summed E-state index contributed by atoms with van der Waals surface area (Å²) in [5.74, 6) is -0.899. The molecule has 26 heavy (non-hydrogen) atoms. The summed E-state index contributed by atoms with van der Waals surface area (Å²) in [6.45, 7) is 3.61. The Morgan fingerprint density at radius 3 is 2.23 bits per heavy atom. The number of amides is 1. The number of aliphatic hydroxyl groups excluding tert-OH is 1. The maximum absolute atomic E-state index is 12.9. The number of carbonyl (C=O) groups excluding carboxylic acids is 1. The average molecular weight is 381 g/mol. The molecule has 0 aliphatic carbocycles. The van der Waals surface area contributed by atoms with Crippen LogP contribution in [0, 0.1) is 11.7 Å². The highest BCUT2D eigenvalue weighted by atomic mass is 35.5. The fourth-order valence-corrected chi connectivity index (χ4v) is 2.72. The van der Waals surface area contributed by atoms with Gasteiger partial charge in [-0.1, -0.05) is 49.4 Å². The molecule has 0 aliphatic rings. The van der Waals surface area contributed by atoms with Crippen LogP contribution in [0.5, 0.6) is 0 Å². The number of hydrogen-bond donors (Lipinski definition) is 3. The van der Waals surface area contributed by atoms with Gasteiger partial charge in [0.25, 0.3) is 0 Å². The lowest BCUT2D eigenvalue weighted by Gasteiger charge is -2.23. The summed E-state index contributed by atoms with van der Waals surface area (Å²) in [6.07, 6.45) is -0.431. The van der Waals surface area contributed by atoms with Gasteiger partial charge in [0.2, 0.25) is 5.91 Å². The lowest BCUT2D eigenvalue weighted by molar-refractivity contribution is -0.125. The van der Waals surface area contributed by atoms with Crippen molar-refractivity contribution in [2.24, 2.45) is 11.7 Å². The van der Waals surface area contributed by atoms with E-state index in [1.165, 1.54) is 12.1 Å². The fraction of sp³-hybridized carbons (Fsp3) is 0.350. The summed E-state index contributed by atoms with van der Waals surface area (Å²) >= 11 is 0. The van der Waals surface area contributed by atoms with Gasteiger partial charge in [0.15, 0.2) is 0 Å². The van der Waals surface area contributed by atoms with E-state index in [0.717, 1.165) is 5.56 Å². The largest absolute Gasteiger partial charge is 0.388 e. The Morgan fingerprint density at radius 2 is 1.65 bits per heavy atom. The van der Waals surface area contributed by atoms with E-state index in [0.29, 0.717) is 12.0 Å². The Labute approximate surface area is 160 Å². The number of hydrogen-bond acceptors (Lipinski definition) is 3. The number of carbonyl (C=O) groups is 1. The number of benzene rings is 2. The van der Waals surface area contributed by atoms with Crippen LogP contribution >= 0.6 is 12.4 Å². The highest BCUT2D eigenvalue weighted by Crippen LogP contribution is 2.21. The van der Waals surface area contributed by atoms with E-state index in [4.69, 9.17) is 5.73 Å². The smallest absolute Gasteiger partial charge is 0.224 e. The summed E-state index contributed by atoms with van der Waals surface area (Å²) < 4.78 is 12.9. The summed E-state index contributed by atoms with van der Waals surface area (Å²) in [5, 5.41) is 13.1. The van der Waals surface area contributed by atoms with Gasteiger partial charge in [-0.3, -0.25) is 4.79 Å². The molecule has 0 radical (unpaired) electrons. The van der Waals surface area contributed by atoms with Crippen molar-refractivity contribution in [2.75, 3.05) is 0 Å². The molecule has 4 atom stereocenters. The quantitative estimate of drug-likeness (QED) is 0.688. The van der Waals surface area contributed by atoms with Crippen LogP contribution in [0.4, 0.5) is 4.39 Å². The maximum Gasteiger partial charge on any atom is 0.224 e. The van der Waals surface area contributed by atoms with E-state index in [9.17, 15) is 14.3 Å². The minimum absolute atomic E-state index is 0. The first-order chi connectivity index (χ1) is 11.9. The molecule has 4 N–H and O–H groups in total. The van der Waals surface area contributed by atoms with Gasteiger partial charge in [-0.2, -0.15) is 0 Å². The van der Waals surface area contributed by atoms with E-state index in [1.54, 1.807) is 19.1 Å². The third kappa shape index (κ3) is 6.09. The zero-order valence-electron chi connectivity index (χ0n) is 14.9. The summed E-state index contributed by atoms with van der Waals surface area (Å²) in [7, 11) is 0. The van der Waals surface area contributed by atoms with Gasteiger partial charge in [-0.15, -0.1) is 12.4 Å². The number of rotatable bonds is 7. The van der Waals surface area contributed by atoms with Crippen molar-refractivity contribution in [3.05, 3.63) is 71.5 Å². The Balaban J connectivity index is 0.00000338. The van der Waals surface area contributed by atoms with Crippen molar-refractivity contribution in [2.45, 2.75) is 38.5 Å². The molecule has 4 unspecified atom stereocenters. The lowest BCUT2D eigenvalue weighted by Crippen LogP contribution is -2.40. The van der Waals surface area contributed by atoms with E-state index in [-0.39, 0.29) is 30.2 Å². The van der Waals surface area contributed by atoms with Gasteiger partial charge in [-0.05, 0) is 36.6 Å². The second-order valence-corrected chi connectivity index (χ2v) is 6.44. The Kier molecular flexibility index (Phi) is 8.72. The molecule has 6 heteroatoms. The van der Waals surface area contributed by atoms with Crippen LogP contribution in [0.3, 0.4) is 0 Å². The fourth-order valence-electron chi connectivity index (χ4n) is 2.72. The van der Waals surface area contributed by atoms with Crippen molar-refractivity contribution in [1.29, 1.82) is 0 Å². The number of nitrogens with one attached hydrogen (secondary N) is 1. The molecule has 0 fully saturated rings. The van der Waals surface area contributed by atoms with Crippen LogP contribution in [0.2, 0.25) is 0 Å². The van der Waals surface area contributed by atoms with Crippen molar-refractivity contribution in [3.63, 3.8) is 0 Å². The molecule has 2 rings (SSSR count). The van der Waals surface area contributed by atoms with Crippen molar-refractivity contribution in [1.82, 2.24) is 5.32 Å². The van der Waals surface area contributed by atoms with E-state index in [2.05, 4.69) is 5.32 Å². The molecule has 0 saturated carbocycles. The van der Waals surface area contributed by atoms with E-state index >= 15 is 0 Å². The second kappa shape index (κ2) is 10.3. The first-order valence-electron chi connectivity index (χ1n) is 8.43. The zero-order valence-corrected chi connectivity index (χ0v) is 15.7. The zero-order chi connectivity index (χ0) is 18.4. The molecule has 2 aromatic rings. The average Bonchev–Trinajstić information content (AvgIpc) is 2.61.